The second-order valence-corrected chi connectivity index (χ2v) is 10.0. The predicted octanol–water partition coefficient (Wildman–Crippen LogP) is 6.79. The summed E-state index contributed by atoms with van der Waals surface area (Å²) in [6.07, 6.45) is 14.6. The second kappa shape index (κ2) is 7.94. The number of aryl methyl sites for hydroxylation is 1. The molecular weight excluding hydrogens is 322 g/mol. The molecule has 138 valence electrons. The highest BCUT2D eigenvalue weighted by Crippen LogP contribution is 2.50. The van der Waals surface area contributed by atoms with Crippen LogP contribution in [0.1, 0.15) is 76.7 Å². The Labute approximate surface area is 159 Å². The van der Waals surface area contributed by atoms with Crippen molar-refractivity contribution < 1.29 is 0 Å². The van der Waals surface area contributed by atoms with E-state index in [2.05, 4.69) is 54.8 Å². The van der Waals surface area contributed by atoms with E-state index in [0.29, 0.717) is 11.4 Å². The first-order chi connectivity index (χ1) is 12.3. The topological polar surface area (TPSA) is 3.24 Å². The first kappa shape index (κ1) is 17.8. The summed E-state index contributed by atoms with van der Waals surface area (Å²) >= 11 is 2.37. The lowest BCUT2D eigenvalue weighted by Gasteiger charge is -2.37. The maximum absolute atomic E-state index is 2.86. The molecule has 2 heteroatoms. The summed E-state index contributed by atoms with van der Waals surface area (Å²) in [5.41, 5.74) is 2.97. The second-order valence-electron chi connectivity index (χ2n) is 8.72. The van der Waals surface area contributed by atoms with Gasteiger partial charge in [0.25, 0.3) is 0 Å². The molecule has 0 radical (unpaired) electrons. The summed E-state index contributed by atoms with van der Waals surface area (Å²) in [6, 6.07) is 9.80. The SMILES string of the molecule is Cc1ccccc1N1C(C2CCCCC2)SC(C2CCCCC2)[C@@H]1C. The maximum Gasteiger partial charge on any atom is 0.0786 e. The molecule has 3 atom stereocenters. The van der Waals surface area contributed by atoms with Crippen molar-refractivity contribution in [3.8, 4) is 0 Å². The van der Waals surface area contributed by atoms with Crippen LogP contribution in [0.4, 0.5) is 5.69 Å². The van der Waals surface area contributed by atoms with Crippen LogP contribution in [0.5, 0.6) is 0 Å². The number of rotatable bonds is 3. The van der Waals surface area contributed by atoms with Crippen molar-refractivity contribution in [1.29, 1.82) is 0 Å². The van der Waals surface area contributed by atoms with Crippen molar-refractivity contribution in [1.82, 2.24) is 0 Å². The molecule has 3 fully saturated rings. The molecule has 2 saturated carbocycles. The summed E-state index contributed by atoms with van der Waals surface area (Å²) < 4.78 is 0. The zero-order valence-electron chi connectivity index (χ0n) is 16.1. The smallest absolute Gasteiger partial charge is 0.0786 e. The molecule has 1 aromatic carbocycles. The Kier molecular flexibility index (Phi) is 5.65. The Morgan fingerprint density at radius 3 is 2.08 bits per heavy atom. The Bertz CT molecular complexity index is 559. The monoisotopic (exact) mass is 357 g/mol. The molecule has 0 spiro atoms. The van der Waals surface area contributed by atoms with E-state index in [1.54, 1.807) is 0 Å². The summed E-state index contributed by atoms with van der Waals surface area (Å²) in [6.45, 7) is 4.83. The standard InChI is InChI=1S/C23H35NS/c1-17-11-9-10-16-21(17)24-18(2)22(19-12-5-3-6-13-19)25-23(24)20-14-7-4-8-15-20/h9-11,16,18-20,22-23H,3-8,12-15H2,1-2H3/t18-,22?,23?/m0/s1. The molecule has 0 bridgehead atoms. The van der Waals surface area contributed by atoms with Gasteiger partial charge in [-0.25, -0.2) is 0 Å². The molecule has 1 aliphatic heterocycles. The molecule has 0 amide bonds. The third kappa shape index (κ3) is 3.61. The quantitative estimate of drug-likeness (QED) is 0.585. The van der Waals surface area contributed by atoms with Crippen LogP contribution >= 0.6 is 11.8 Å². The summed E-state index contributed by atoms with van der Waals surface area (Å²) in [7, 11) is 0. The molecule has 1 heterocycles. The van der Waals surface area contributed by atoms with Gasteiger partial charge in [0, 0.05) is 17.0 Å². The third-order valence-electron chi connectivity index (χ3n) is 7.05. The Morgan fingerprint density at radius 1 is 0.840 bits per heavy atom. The first-order valence-corrected chi connectivity index (χ1v) is 11.7. The predicted molar refractivity (Wildman–Crippen MR) is 111 cm³/mol. The summed E-state index contributed by atoms with van der Waals surface area (Å²) in [5.74, 6) is 1.85. The minimum absolute atomic E-state index is 0.682. The number of hydrogen-bond donors (Lipinski definition) is 0. The van der Waals surface area contributed by atoms with Gasteiger partial charge in [-0.05, 0) is 63.0 Å². The number of thioether (sulfide) groups is 1. The molecule has 1 saturated heterocycles. The maximum atomic E-state index is 2.86. The van der Waals surface area contributed by atoms with Gasteiger partial charge in [0.05, 0.1) is 5.37 Å². The van der Waals surface area contributed by atoms with Crippen LogP contribution in [0, 0.1) is 18.8 Å². The lowest BCUT2D eigenvalue weighted by Crippen LogP contribution is -2.42. The highest BCUT2D eigenvalue weighted by Gasteiger charge is 2.46. The average Bonchev–Trinajstić information content (AvgIpc) is 3.01. The van der Waals surface area contributed by atoms with Crippen molar-refractivity contribution in [2.24, 2.45) is 11.8 Å². The molecule has 2 unspecified atom stereocenters. The fourth-order valence-corrected chi connectivity index (χ4v) is 7.77. The van der Waals surface area contributed by atoms with Crippen molar-refractivity contribution >= 4 is 17.4 Å². The molecule has 3 aliphatic rings. The Balaban J connectivity index is 1.63. The van der Waals surface area contributed by atoms with Crippen molar-refractivity contribution in [2.45, 2.75) is 94.7 Å². The molecule has 2 aliphatic carbocycles. The van der Waals surface area contributed by atoms with Crippen LogP contribution in [0.15, 0.2) is 24.3 Å². The molecule has 1 nitrogen and oxygen atoms in total. The van der Waals surface area contributed by atoms with E-state index in [-0.39, 0.29) is 0 Å². The molecular formula is C23H35NS. The van der Waals surface area contributed by atoms with Crippen molar-refractivity contribution in [3.05, 3.63) is 29.8 Å². The van der Waals surface area contributed by atoms with E-state index in [1.165, 1.54) is 75.5 Å². The van der Waals surface area contributed by atoms with E-state index in [4.69, 9.17) is 0 Å². The van der Waals surface area contributed by atoms with E-state index in [9.17, 15) is 0 Å². The van der Waals surface area contributed by atoms with Crippen LogP contribution in [-0.4, -0.2) is 16.7 Å². The van der Waals surface area contributed by atoms with Crippen LogP contribution in [-0.2, 0) is 0 Å². The van der Waals surface area contributed by atoms with Gasteiger partial charge in [-0.1, -0.05) is 56.7 Å². The van der Waals surface area contributed by atoms with Gasteiger partial charge in [0.2, 0.25) is 0 Å². The normalized spacial score (nSPS) is 32.2. The fraction of sp³-hybridized carbons (Fsp3) is 0.739. The fourth-order valence-electron chi connectivity index (χ4n) is 5.67. The van der Waals surface area contributed by atoms with Crippen LogP contribution < -0.4 is 4.90 Å². The number of nitrogens with zero attached hydrogens (tertiary/aromatic N) is 1. The van der Waals surface area contributed by atoms with Crippen LogP contribution in [0.25, 0.3) is 0 Å². The zero-order valence-corrected chi connectivity index (χ0v) is 16.9. The van der Waals surface area contributed by atoms with Crippen molar-refractivity contribution in [2.75, 3.05) is 4.90 Å². The van der Waals surface area contributed by atoms with Gasteiger partial charge in [0.1, 0.15) is 0 Å². The van der Waals surface area contributed by atoms with Gasteiger partial charge in [-0.2, -0.15) is 0 Å². The van der Waals surface area contributed by atoms with E-state index < -0.39 is 0 Å². The number of benzene rings is 1. The highest BCUT2D eigenvalue weighted by molar-refractivity contribution is 8.01. The largest absolute Gasteiger partial charge is 0.355 e. The summed E-state index contributed by atoms with van der Waals surface area (Å²) in [4.78, 5) is 2.86. The molecule has 25 heavy (non-hydrogen) atoms. The zero-order chi connectivity index (χ0) is 17.2. The van der Waals surface area contributed by atoms with Gasteiger partial charge < -0.3 is 4.90 Å². The molecule has 0 N–H and O–H groups in total. The van der Waals surface area contributed by atoms with Gasteiger partial charge in [0.15, 0.2) is 0 Å². The van der Waals surface area contributed by atoms with Crippen LogP contribution in [0.2, 0.25) is 0 Å². The number of hydrogen-bond acceptors (Lipinski definition) is 2. The lowest BCUT2D eigenvalue weighted by molar-refractivity contribution is 0.321. The minimum Gasteiger partial charge on any atom is -0.355 e. The minimum atomic E-state index is 0.682. The van der Waals surface area contributed by atoms with Crippen LogP contribution in [0.3, 0.4) is 0 Å². The number of anilines is 1. The van der Waals surface area contributed by atoms with Crippen molar-refractivity contribution in [3.63, 3.8) is 0 Å². The molecule has 4 rings (SSSR count). The van der Waals surface area contributed by atoms with Gasteiger partial charge >= 0.3 is 0 Å². The number of para-hydroxylation sites is 1. The highest BCUT2D eigenvalue weighted by atomic mass is 32.2. The summed E-state index contributed by atoms with van der Waals surface area (Å²) in [5, 5.41) is 1.55. The third-order valence-corrected chi connectivity index (χ3v) is 9.03. The average molecular weight is 358 g/mol. The Morgan fingerprint density at radius 2 is 1.44 bits per heavy atom. The first-order valence-electron chi connectivity index (χ1n) is 10.7. The van der Waals surface area contributed by atoms with E-state index >= 15 is 0 Å². The molecule has 0 aromatic heterocycles. The molecule has 1 aromatic rings. The van der Waals surface area contributed by atoms with Gasteiger partial charge in [-0.15, -0.1) is 11.8 Å². The van der Waals surface area contributed by atoms with Gasteiger partial charge in [-0.3, -0.25) is 0 Å². The lowest BCUT2D eigenvalue weighted by atomic mass is 9.83. The Hall–Kier alpha value is -0.630. The van der Waals surface area contributed by atoms with E-state index in [0.717, 1.165) is 17.1 Å². The van der Waals surface area contributed by atoms with E-state index in [1.807, 2.05) is 0 Å².